The molecule has 4 rings (SSSR count). The molecule has 3 aromatic rings. The second kappa shape index (κ2) is 9.35. The molecule has 162 valence electrons. The average molecular weight is 421 g/mol. The standard InChI is InChI=1S/C25H28N2O4/c1-3-31-22-11-10-18(14-23(22)30-2)24(27-12-6-8-19(16-27)25(28)29)20-13-17-7-4-5-9-21(17)26-15-20/h4-5,7,9-11,13-15,19,24H,3,6,8,12,16H2,1-2H3,(H,28,29). The number of para-hydroxylation sites is 1. The quantitative estimate of drug-likeness (QED) is 0.606. The first-order valence-corrected chi connectivity index (χ1v) is 10.7. The Morgan fingerprint density at radius 1 is 1.19 bits per heavy atom. The minimum absolute atomic E-state index is 0.121. The highest BCUT2D eigenvalue weighted by molar-refractivity contribution is 5.79. The van der Waals surface area contributed by atoms with Crippen LogP contribution in [-0.4, -0.2) is 47.8 Å². The van der Waals surface area contributed by atoms with E-state index in [0.29, 0.717) is 31.1 Å². The lowest BCUT2D eigenvalue weighted by molar-refractivity contribution is -0.143. The monoisotopic (exact) mass is 420 g/mol. The van der Waals surface area contributed by atoms with Crippen molar-refractivity contribution in [1.82, 2.24) is 9.88 Å². The van der Waals surface area contributed by atoms with Crippen LogP contribution in [0.2, 0.25) is 0 Å². The first-order valence-electron chi connectivity index (χ1n) is 10.7. The normalized spacial score (nSPS) is 17.9. The minimum Gasteiger partial charge on any atom is -0.493 e. The molecule has 1 fully saturated rings. The molecular formula is C25H28N2O4. The first kappa shape index (κ1) is 21.1. The van der Waals surface area contributed by atoms with E-state index >= 15 is 0 Å². The van der Waals surface area contributed by atoms with Crippen LogP contribution in [0.5, 0.6) is 11.5 Å². The van der Waals surface area contributed by atoms with E-state index in [1.807, 2.05) is 49.5 Å². The van der Waals surface area contributed by atoms with E-state index in [1.165, 1.54) is 0 Å². The Bertz CT molecular complexity index is 1070. The van der Waals surface area contributed by atoms with Gasteiger partial charge in [0.15, 0.2) is 11.5 Å². The van der Waals surface area contributed by atoms with Gasteiger partial charge in [-0.05, 0) is 61.7 Å². The van der Waals surface area contributed by atoms with Crippen LogP contribution in [-0.2, 0) is 4.79 Å². The van der Waals surface area contributed by atoms with E-state index in [4.69, 9.17) is 9.47 Å². The maximum atomic E-state index is 11.7. The second-order valence-corrected chi connectivity index (χ2v) is 7.88. The molecule has 0 radical (unpaired) electrons. The van der Waals surface area contributed by atoms with Crippen LogP contribution in [0.25, 0.3) is 10.9 Å². The van der Waals surface area contributed by atoms with E-state index in [2.05, 4.69) is 22.0 Å². The Balaban J connectivity index is 1.79. The number of nitrogens with zero attached hydrogens (tertiary/aromatic N) is 2. The van der Waals surface area contributed by atoms with Gasteiger partial charge in [-0.1, -0.05) is 24.3 Å². The number of hydrogen-bond acceptors (Lipinski definition) is 5. The Morgan fingerprint density at radius 3 is 2.81 bits per heavy atom. The maximum absolute atomic E-state index is 11.7. The number of aromatic nitrogens is 1. The summed E-state index contributed by atoms with van der Waals surface area (Å²) in [6.45, 7) is 3.83. The molecule has 0 bridgehead atoms. The maximum Gasteiger partial charge on any atom is 0.307 e. The zero-order valence-corrected chi connectivity index (χ0v) is 18.0. The highest BCUT2D eigenvalue weighted by Gasteiger charge is 2.32. The molecule has 1 aromatic heterocycles. The molecule has 2 aromatic carbocycles. The van der Waals surface area contributed by atoms with E-state index in [1.54, 1.807) is 7.11 Å². The van der Waals surface area contributed by atoms with Crippen molar-refractivity contribution >= 4 is 16.9 Å². The smallest absolute Gasteiger partial charge is 0.307 e. The summed E-state index contributed by atoms with van der Waals surface area (Å²) in [6, 6.07) is 16.0. The fourth-order valence-electron chi connectivity index (χ4n) is 4.42. The topological polar surface area (TPSA) is 71.9 Å². The van der Waals surface area contributed by atoms with Crippen molar-refractivity contribution in [2.24, 2.45) is 5.92 Å². The lowest BCUT2D eigenvalue weighted by atomic mass is 9.91. The van der Waals surface area contributed by atoms with E-state index < -0.39 is 5.97 Å². The fourth-order valence-corrected chi connectivity index (χ4v) is 4.42. The summed E-state index contributed by atoms with van der Waals surface area (Å²) < 4.78 is 11.3. The summed E-state index contributed by atoms with van der Waals surface area (Å²) in [4.78, 5) is 18.6. The van der Waals surface area contributed by atoms with Crippen LogP contribution in [0, 0.1) is 5.92 Å². The summed E-state index contributed by atoms with van der Waals surface area (Å²) in [5.74, 6) is 0.273. The molecule has 2 atom stereocenters. The lowest BCUT2D eigenvalue weighted by Gasteiger charge is -2.37. The highest BCUT2D eigenvalue weighted by atomic mass is 16.5. The zero-order valence-electron chi connectivity index (χ0n) is 18.0. The van der Waals surface area contributed by atoms with Crippen molar-refractivity contribution in [2.45, 2.75) is 25.8 Å². The Morgan fingerprint density at radius 2 is 2.03 bits per heavy atom. The molecule has 6 nitrogen and oxygen atoms in total. The van der Waals surface area contributed by atoms with E-state index in [9.17, 15) is 9.90 Å². The van der Waals surface area contributed by atoms with Gasteiger partial charge in [-0.25, -0.2) is 0 Å². The number of hydrogen-bond donors (Lipinski definition) is 1. The molecule has 0 aliphatic carbocycles. The number of carbonyl (C=O) groups is 1. The van der Waals surface area contributed by atoms with Crippen LogP contribution in [0.15, 0.2) is 54.7 Å². The molecule has 6 heteroatoms. The van der Waals surface area contributed by atoms with E-state index in [-0.39, 0.29) is 12.0 Å². The predicted octanol–water partition coefficient (Wildman–Crippen LogP) is 4.53. The Hall–Kier alpha value is -3.12. The van der Waals surface area contributed by atoms with Crippen LogP contribution in [0.4, 0.5) is 0 Å². The fraction of sp³-hybridized carbons (Fsp3) is 0.360. The van der Waals surface area contributed by atoms with Gasteiger partial charge in [0, 0.05) is 18.1 Å². The van der Waals surface area contributed by atoms with Crippen LogP contribution < -0.4 is 9.47 Å². The van der Waals surface area contributed by atoms with Gasteiger partial charge in [0.05, 0.1) is 31.2 Å². The van der Waals surface area contributed by atoms with Gasteiger partial charge in [0.2, 0.25) is 0 Å². The van der Waals surface area contributed by atoms with Crippen LogP contribution in [0.1, 0.15) is 36.9 Å². The van der Waals surface area contributed by atoms with Crippen LogP contribution >= 0.6 is 0 Å². The molecule has 2 heterocycles. The number of ether oxygens (including phenoxy) is 2. The van der Waals surface area contributed by atoms with Gasteiger partial charge in [-0.3, -0.25) is 14.7 Å². The van der Waals surface area contributed by atoms with Gasteiger partial charge in [0.1, 0.15) is 0 Å². The molecule has 31 heavy (non-hydrogen) atoms. The largest absolute Gasteiger partial charge is 0.493 e. The second-order valence-electron chi connectivity index (χ2n) is 7.88. The number of aliphatic carboxylic acids is 1. The molecule has 1 saturated heterocycles. The summed E-state index contributed by atoms with van der Waals surface area (Å²) in [7, 11) is 1.63. The molecule has 1 N–H and O–H groups in total. The van der Waals surface area contributed by atoms with Gasteiger partial charge < -0.3 is 14.6 Å². The number of likely N-dealkylation sites (tertiary alicyclic amines) is 1. The third-order valence-corrected chi connectivity index (χ3v) is 5.90. The molecule has 0 amide bonds. The number of carboxylic acids is 1. The number of fused-ring (bicyclic) bond motifs is 1. The van der Waals surface area contributed by atoms with E-state index in [0.717, 1.165) is 35.0 Å². The number of piperidine rings is 1. The number of benzene rings is 2. The van der Waals surface area contributed by atoms with Gasteiger partial charge >= 0.3 is 5.97 Å². The third-order valence-electron chi connectivity index (χ3n) is 5.90. The van der Waals surface area contributed by atoms with Crippen molar-refractivity contribution in [2.75, 3.05) is 26.8 Å². The van der Waals surface area contributed by atoms with Crippen molar-refractivity contribution in [1.29, 1.82) is 0 Å². The highest BCUT2D eigenvalue weighted by Crippen LogP contribution is 2.37. The van der Waals surface area contributed by atoms with Crippen molar-refractivity contribution in [3.05, 3.63) is 65.9 Å². The molecule has 0 saturated carbocycles. The number of carboxylic acid groups (broad SMARTS) is 1. The first-order chi connectivity index (χ1) is 15.1. The van der Waals surface area contributed by atoms with Gasteiger partial charge in [-0.15, -0.1) is 0 Å². The number of pyridine rings is 1. The lowest BCUT2D eigenvalue weighted by Crippen LogP contribution is -2.41. The number of methoxy groups -OCH3 is 1. The molecule has 1 aliphatic rings. The van der Waals surface area contributed by atoms with Crippen molar-refractivity contribution in [3.8, 4) is 11.5 Å². The minimum atomic E-state index is -0.732. The summed E-state index contributed by atoms with van der Waals surface area (Å²) in [5, 5.41) is 10.7. The summed E-state index contributed by atoms with van der Waals surface area (Å²) >= 11 is 0. The number of rotatable bonds is 7. The van der Waals surface area contributed by atoms with Crippen molar-refractivity contribution < 1.29 is 19.4 Å². The zero-order chi connectivity index (χ0) is 21.8. The van der Waals surface area contributed by atoms with Crippen LogP contribution in [0.3, 0.4) is 0 Å². The van der Waals surface area contributed by atoms with Crippen molar-refractivity contribution in [3.63, 3.8) is 0 Å². The summed E-state index contributed by atoms with van der Waals surface area (Å²) in [6.07, 6.45) is 3.46. The molecule has 1 aliphatic heterocycles. The average Bonchev–Trinajstić information content (AvgIpc) is 2.80. The Labute approximate surface area is 182 Å². The Kier molecular flexibility index (Phi) is 6.37. The summed E-state index contributed by atoms with van der Waals surface area (Å²) in [5.41, 5.74) is 3.01. The molecular weight excluding hydrogens is 392 g/mol. The third kappa shape index (κ3) is 4.49. The van der Waals surface area contributed by atoms with Gasteiger partial charge in [0.25, 0.3) is 0 Å². The molecule has 0 spiro atoms. The van der Waals surface area contributed by atoms with Gasteiger partial charge in [-0.2, -0.15) is 0 Å². The SMILES string of the molecule is CCOc1ccc(C(c2cnc3ccccc3c2)N2CCCC(C(=O)O)C2)cc1OC. The predicted molar refractivity (Wildman–Crippen MR) is 120 cm³/mol. The molecule has 2 unspecified atom stereocenters.